The van der Waals surface area contributed by atoms with E-state index < -0.39 is 17.8 Å². The molecule has 2 atom stereocenters. The molecule has 0 aliphatic rings. The van der Waals surface area contributed by atoms with Crippen molar-refractivity contribution in [3.63, 3.8) is 0 Å². The summed E-state index contributed by atoms with van der Waals surface area (Å²) >= 11 is 0. The van der Waals surface area contributed by atoms with Gasteiger partial charge in [0.2, 0.25) is 0 Å². The zero-order valence-electron chi connectivity index (χ0n) is 15.8. The fraction of sp³-hybridized carbons (Fsp3) is 0.200. The molecule has 3 heteroatoms. The van der Waals surface area contributed by atoms with Crippen molar-refractivity contribution in [2.75, 3.05) is 6.61 Å². The summed E-state index contributed by atoms with van der Waals surface area (Å²) in [5.41, 5.74) is 1.91. The summed E-state index contributed by atoms with van der Waals surface area (Å²) in [6.45, 7) is 3.41. The van der Waals surface area contributed by atoms with Crippen LogP contribution in [0.4, 0.5) is 0 Å². The summed E-state index contributed by atoms with van der Waals surface area (Å²) < 4.78 is 6.71. The summed E-state index contributed by atoms with van der Waals surface area (Å²) in [6.07, 6.45) is 0.474. The van der Waals surface area contributed by atoms with Gasteiger partial charge in [0.25, 0.3) is 0 Å². The van der Waals surface area contributed by atoms with Crippen LogP contribution in [-0.2, 0) is 10.3 Å². The molecule has 2 unspecified atom stereocenters. The third-order valence-corrected chi connectivity index (χ3v) is 4.88. The predicted molar refractivity (Wildman–Crippen MR) is 112 cm³/mol. The van der Waals surface area contributed by atoms with Crippen molar-refractivity contribution in [1.82, 2.24) is 0 Å². The lowest BCUT2D eigenvalue weighted by Gasteiger charge is -2.40. The van der Waals surface area contributed by atoms with E-state index in [2.05, 4.69) is 6.58 Å². The van der Waals surface area contributed by atoms with Crippen molar-refractivity contribution in [2.45, 2.75) is 24.2 Å². The average molecular weight is 374 g/mol. The highest BCUT2D eigenvalue weighted by Gasteiger charge is 2.40. The Kier molecular flexibility index (Phi) is 6.77. The molecule has 3 aromatic carbocycles. The Labute approximate surface area is 166 Å². The molecular weight excluding hydrogens is 348 g/mol. The molecule has 0 aliphatic carbocycles. The molecule has 0 aliphatic heterocycles. The third-order valence-electron chi connectivity index (χ3n) is 4.88. The standard InChI is InChI=1S/C25H26O3/c1-2-12-24(23(27)19-26)28-25(20-13-6-3-7-14-20,21-15-8-4-9-16-21)22-17-10-5-11-18-22/h2-11,13-18,23-24,26-27H,1,12,19H2. The first kappa shape index (κ1) is 20.0. The van der Waals surface area contributed by atoms with Gasteiger partial charge in [0.15, 0.2) is 0 Å². The molecule has 0 aromatic heterocycles. The van der Waals surface area contributed by atoms with E-state index in [-0.39, 0.29) is 6.61 Å². The molecule has 0 heterocycles. The van der Waals surface area contributed by atoms with E-state index >= 15 is 0 Å². The number of hydrogen-bond donors (Lipinski definition) is 2. The van der Waals surface area contributed by atoms with E-state index in [0.29, 0.717) is 6.42 Å². The molecular formula is C25H26O3. The minimum Gasteiger partial charge on any atom is -0.394 e. The van der Waals surface area contributed by atoms with Gasteiger partial charge in [-0.2, -0.15) is 0 Å². The van der Waals surface area contributed by atoms with Crippen LogP contribution in [0.15, 0.2) is 104 Å². The van der Waals surface area contributed by atoms with Crippen molar-refractivity contribution >= 4 is 0 Å². The number of aliphatic hydroxyl groups excluding tert-OH is 2. The highest BCUT2D eigenvalue weighted by Crippen LogP contribution is 2.42. The summed E-state index contributed by atoms with van der Waals surface area (Å²) in [7, 11) is 0. The summed E-state index contributed by atoms with van der Waals surface area (Å²) in [6, 6.07) is 29.9. The molecule has 3 rings (SSSR count). The van der Waals surface area contributed by atoms with Gasteiger partial charge in [-0.05, 0) is 23.1 Å². The van der Waals surface area contributed by atoms with Gasteiger partial charge in [0.1, 0.15) is 11.7 Å². The fourth-order valence-corrected chi connectivity index (χ4v) is 3.52. The molecule has 28 heavy (non-hydrogen) atoms. The Morgan fingerprint density at radius 1 is 0.786 bits per heavy atom. The van der Waals surface area contributed by atoms with Crippen molar-refractivity contribution in [2.24, 2.45) is 0 Å². The van der Waals surface area contributed by atoms with Gasteiger partial charge in [-0.15, -0.1) is 6.58 Å². The average Bonchev–Trinajstić information content (AvgIpc) is 2.78. The second kappa shape index (κ2) is 9.47. The second-order valence-corrected chi connectivity index (χ2v) is 6.71. The highest BCUT2D eigenvalue weighted by molar-refractivity contribution is 5.47. The first-order valence-electron chi connectivity index (χ1n) is 9.46. The maximum absolute atomic E-state index is 10.4. The van der Waals surface area contributed by atoms with Gasteiger partial charge in [-0.3, -0.25) is 0 Å². The van der Waals surface area contributed by atoms with Gasteiger partial charge in [0, 0.05) is 0 Å². The lowest BCUT2D eigenvalue weighted by atomic mass is 9.79. The summed E-state index contributed by atoms with van der Waals surface area (Å²) in [5, 5.41) is 20.0. The number of rotatable bonds is 9. The van der Waals surface area contributed by atoms with Gasteiger partial charge in [0.05, 0.1) is 12.7 Å². The monoisotopic (exact) mass is 374 g/mol. The Morgan fingerprint density at radius 3 is 1.50 bits per heavy atom. The minimum atomic E-state index is -1.02. The van der Waals surface area contributed by atoms with E-state index in [1.807, 2.05) is 91.0 Å². The largest absolute Gasteiger partial charge is 0.394 e. The first-order valence-corrected chi connectivity index (χ1v) is 9.46. The van der Waals surface area contributed by atoms with Gasteiger partial charge in [-0.1, -0.05) is 97.1 Å². The van der Waals surface area contributed by atoms with Crippen molar-refractivity contribution in [3.8, 4) is 0 Å². The van der Waals surface area contributed by atoms with Crippen LogP contribution in [0.1, 0.15) is 23.1 Å². The molecule has 0 spiro atoms. The van der Waals surface area contributed by atoms with E-state index in [0.717, 1.165) is 16.7 Å². The smallest absolute Gasteiger partial charge is 0.144 e. The quantitative estimate of drug-likeness (QED) is 0.434. The van der Waals surface area contributed by atoms with E-state index in [1.54, 1.807) is 6.08 Å². The van der Waals surface area contributed by atoms with Crippen LogP contribution >= 0.6 is 0 Å². The number of hydrogen-bond acceptors (Lipinski definition) is 3. The molecule has 0 bridgehead atoms. The lowest BCUT2D eigenvalue weighted by molar-refractivity contribution is -0.112. The molecule has 0 saturated carbocycles. The number of ether oxygens (including phenoxy) is 1. The number of aliphatic hydroxyl groups is 2. The number of benzene rings is 3. The second-order valence-electron chi connectivity index (χ2n) is 6.71. The van der Waals surface area contributed by atoms with Crippen LogP contribution in [0, 0.1) is 0 Å². The Balaban J connectivity index is 2.26. The van der Waals surface area contributed by atoms with Crippen molar-refractivity contribution in [3.05, 3.63) is 120 Å². The first-order chi connectivity index (χ1) is 13.7. The molecule has 0 saturated heterocycles. The molecule has 3 nitrogen and oxygen atoms in total. The molecule has 0 radical (unpaired) electrons. The van der Waals surface area contributed by atoms with E-state index in [1.165, 1.54) is 0 Å². The summed E-state index contributed by atoms with van der Waals surface area (Å²) in [4.78, 5) is 0. The molecule has 144 valence electrons. The highest BCUT2D eigenvalue weighted by atomic mass is 16.5. The maximum Gasteiger partial charge on any atom is 0.144 e. The summed E-state index contributed by atoms with van der Waals surface area (Å²) in [5.74, 6) is 0. The zero-order chi connectivity index (χ0) is 19.8. The minimum absolute atomic E-state index is 0.382. The molecule has 0 fully saturated rings. The normalized spacial score (nSPS) is 13.6. The Morgan fingerprint density at radius 2 is 1.18 bits per heavy atom. The SMILES string of the molecule is C=CCC(OC(c1ccccc1)(c1ccccc1)c1ccccc1)C(O)CO. The van der Waals surface area contributed by atoms with Crippen molar-refractivity contribution in [1.29, 1.82) is 0 Å². The van der Waals surface area contributed by atoms with E-state index in [9.17, 15) is 10.2 Å². The van der Waals surface area contributed by atoms with Gasteiger partial charge >= 0.3 is 0 Å². The third kappa shape index (κ3) is 4.07. The van der Waals surface area contributed by atoms with Crippen molar-refractivity contribution < 1.29 is 14.9 Å². The van der Waals surface area contributed by atoms with Crippen LogP contribution in [-0.4, -0.2) is 29.0 Å². The van der Waals surface area contributed by atoms with Gasteiger partial charge < -0.3 is 14.9 Å². The van der Waals surface area contributed by atoms with Crippen LogP contribution in [0.3, 0.4) is 0 Å². The zero-order valence-corrected chi connectivity index (χ0v) is 15.8. The molecule has 0 amide bonds. The molecule has 3 aromatic rings. The van der Waals surface area contributed by atoms with Crippen LogP contribution in [0.2, 0.25) is 0 Å². The van der Waals surface area contributed by atoms with Crippen LogP contribution < -0.4 is 0 Å². The lowest BCUT2D eigenvalue weighted by Crippen LogP contribution is -2.42. The Bertz CT molecular complexity index is 750. The van der Waals surface area contributed by atoms with E-state index in [4.69, 9.17) is 4.74 Å². The topological polar surface area (TPSA) is 49.7 Å². The van der Waals surface area contributed by atoms with Gasteiger partial charge in [-0.25, -0.2) is 0 Å². The maximum atomic E-state index is 10.4. The van der Waals surface area contributed by atoms with Crippen LogP contribution in [0.25, 0.3) is 0 Å². The fourth-order valence-electron chi connectivity index (χ4n) is 3.52. The van der Waals surface area contributed by atoms with Crippen LogP contribution in [0.5, 0.6) is 0 Å². The Hall–Kier alpha value is -2.72. The molecule has 2 N–H and O–H groups in total. The predicted octanol–water partition coefficient (Wildman–Crippen LogP) is 4.29.